The largest absolute Gasteiger partial charge is 0.519 e. The van der Waals surface area contributed by atoms with Crippen LogP contribution in [0.5, 0.6) is 17.2 Å². The molecule has 382 valence electrons. The molecule has 23 heteroatoms. The Balaban J connectivity index is 1.03. The van der Waals surface area contributed by atoms with Gasteiger partial charge in [0.2, 0.25) is 24.2 Å². The topological polar surface area (TPSA) is 226 Å². The van der Waals surface area contributed by atoms with Gasteiger partial charge in [0.05, 0.1) is 32.3 Å². The van der Waals surface area contributed by atoms with Crippen molar-refractivity contribution in [3.05, 3.63) is 79.5 Å². The van der Waals surface area contributed by atoms with Crippen LogP contribution in [0.25, 0.3) is 20.2 Å². The Morgan fingerprint density at radius 3 is 1.74 bits per heavy atom. The summed E-state index contributed by atoms with van der Waals surface area (Å²) < 4.78 is 47.6. The number of rotatable bonds is 16. The molecule has 72 heavy (non-hydrogen) atoms. The molecule has 0 spiro atoms. The van der Waals surface area contributed by atoms with Crippen LogP contribution >= 0.6 is 45.9 Å². The molecule has 3 aromatic carbocycles. The lowest BCUT2D eigenvalue weighted by molar-refractivity contribution is -0.384. The van der Waals surface area contributed by atoms with E-state index in [0.717, 1.165) is 46.9 Å². The lowest BCUT2D eigenvalue weighted by Gasteiger charge is -2.44. The smallest absolute Gasteiger partial charge is 0.459 e. The van der Waals surface area contributed by atoms with E-state index in [1.807, 2.05) is 24.6 Å². The molecule has 2 aromatic heterocycles. The number of nitrogens with zero attached hydrogens (tertiary/aromatic N) is 3. The minimum absolute atomic E-state index is 0.0209. The average Bonchev–Trinajstić information content (AvgIpc) is 4.11. The maximum absolute atomic E-state index is 14.4. The second-order valence-electron chi connectivity index (χ2n) is 17.5. The van der Waals surface area contributed by atoms with E-state index in [-0.39, 0.29) is 97.3 Å². The molecule has 0 saturated carbocycles. The summed E-state index contributed by atoms with van der Waals surface area (Å²) in [4.78, 5) is 92.7. The number of aryl methyl sites for hydroxylation is 2. The van der Waals surface area contributed by atoms with Gasteiger partial charge in [-0.3, -0.25) is 34.1 Å². The number of methoxy groups -OCH3 is 1. The number of thiophene rings is 2. The van der Waals surface area contributed by atoms with Crippen LogP contribution in [-0.4, -0.2) is 110 Å². The third-order valence-electron chi connectivity index (χ3n) is 12.5. The number of benzene rings is 3. The minimum Gasteiger partial charge on any atom is -0.459 e. The summed E-state index contributed by atoms with van der Waals surface area (Å²) in [5.74, 6) is -2.45. The summed E-state index contributed by atoms with van der Waals surface area (Å²) in [5, 5.41) is 16.6. The van der Waals surface area contributed by atoms with E-state index in [0.29, 0.717) is 20.8 Å². The Kier molecular flexibility index (Phi) is 15.9. The summed E-state index contributed by atoms with van der Waals surface area (Å²) in [6.07, 6.45) is -7.46. The fourth-order valence-corrected chi connectivity index (χ4v) is 12.1. The first-order valence-electron chi connectivity index (χ1n) is 22.7. The van der Waals surface area contributed by atoms with Crippen molar-refractivity contribution in [2.75, 3.05) is 48.4 Å². The molecule has 0 bridgehead atoms. The Labute approximate surface area is 430 Å². The van der Waals surface area contributed by atoms with Crippen molar-refractivity contribution in [3.8, 4) is 17.2 Å². The van der Waals surface area contributed by atoms with E-state index in [1.165, 1.54) is 61.0 Å². The third-order valence-corrected chi connectivity index (χ3v) is 15.5. The first-order valence-corrected chi connectivity index (χ1v) is 25.5. The molecule has 3 aliphatic heterocycles. The van der Waals surface area contributed by atoms with Gasteiger partial charge >= 0.3 is 24.1 Å². The van der Waals surface area contributed by atoms with Crippen molar-refractivity contribution < 1.29 is 71.6 Å². The number of hydrogen-bond donors (Lipinski definition) is 0. The number of ether oxygens (including phenoxy) is 8. The van der Waals surface area contributed by atoms with Gasteiger partial charge in [-0.1, -0.05) is 0 Å². The normalized spacial score (nSPS) is 21.2. The summed E-state index contributed by atoms with van der Waals surface area (Å²) in [7, 11) is 1.41. The molecule has 3 aliphatic rings. The van der Waals surface area contributed by atoms with Crippen LogP contribution in [-0.2, 0) is 47.7 Å². The summed E-state index contributed by atoms with van der Waals surface area (Å²) in [5.41, 5.74) is 4.32. The lowest BCUT2D eigenvalue weighted by Crippen LogP contribution is -2.63. The Morgan fingerprint density at radius 2 is 1.24 bits per heavy atom. The highest BCUT2D eigenvalue weighted by molar-refractivity contribution is 7.18. The second-order valence-corrected chi connectivity index (χ2v) is 19.8. The molecule has 0 N–H and O–H groups in total. The van der Waals surface area contributed by atoms with Crippen LogP contribution < -0.4 is 24.0 Å². The molecule has 1 fully saturated rings. The van der Waals surface area contributed by atoms with E-state index in [4.69, 9.17) is 61.1 Å². The van der Waals surface area contributed by atoms with Crippen molar-refractivity contribution in [3.63, 3.8) is 0 Å². The molecule has 2 amide bonds. The lowest BCUT2D eigenvalue weighted by atomic mass is 9.96. The summed E-state index contributed by atoms with van der Waals surface area (Å²) in [6.45, 7) is 7.70. The summed E-state index contributed by atoms with van der Waals surface area (Å²) >= 11 is 15.9. The second kappa shape index (κ2) is 21.9. The van der Waals surface area contributed by atoms with Crippen molar-refractivity contribution in [1.29, 1.82) is 0 Å². The molecule has 19 nitrogen and oxygen atoms in total. The molecular weight excluding hydrogens is 1020 g/mol. The van der Waals surface area contributed by atoms with Gasteiger partial charge in [0.15, 0.2) is 18.0 Å². The van der Waals surface area contributed by atoms with Gasteiger partial charge < -0.3 is 47.7 Å². The van der Waals surface area contributed by atoms with Crippen LogP contribution in [0, 0.1) is 24.0 Å². The Hall–Kier alpha value is -6.10. The van der Waals surface area contributed by atoms with Crippen molar-refractivity contribution in [1.82, 2.24) is 0 Å². The van der Waals surface area contributed by atoms with Gasteiger partial charge in [0.25, 0.3) is 5.69 Å². The van der Waals surface area contributed by atoms with Crippen LogP contribution in [0.15, 0.2) is 47.2 Å². The van der Waals surface area contributed by atoms with E-state index >= 15 is 0 Å². The number of non-ortho nitro benzene ring substituents is 1. The molecular formula is C49H49Cl2N3O16S2. The number of carbonyl (C=O) groups is 6. The predicted octanol–water partition coefficient (Wildman–Crippen LogP) is 8.97. The van der Waals surface area contributed by atoms with Crippen molar-refractivity contribution in [2.45, 2.75) is 96.4 Å². The fraction of sp³-hybridized carbons (Fsp3) is 0.429. The molecule has 5 aromatic rings. The van der Waals surface area contributed by atoms with E-state index in [2.05, 4.69) is 0 Å². The zero-order valence-corrected chi connectivity index (χ0v) is 42.9. The number of amides is 2. The Morgan fingerprint density at radius 1 is 0.736 bits per heavy atom. The van der Waals surface area contributed by atoms with Crippen LogP contribution in [0.2, 0.25) is 0 Å². The predicted molar refractivity (Wildman–Crippen MR) is 266 cm³/mol. The number of carbonyl (C=O) groups excluding carboxylic acids is 6. The molecule has 7 atom stereocenters. The third kappa shape index (κ3) is 10.5. The zero-order valence-electron chi connectivity index (χ0n) is 39.8. The number of esters is 3. The van der Waals surface area contributed by atoms with E-state index < -0.39 is 59.7 Å². The molecule has 1 saturated heterocycles. The Bertz CT molecular complexity index is 2960. The summed E-state index contributed by atoms with van der Waals surface area (Å²) in [6, 6.07) is 8.26. The molecule has 0 aliphatic carbocycles. The maximum atomic E-state index is 14.4. The maximum Gasteiger partial charge on any atom is 0.519 e. The number of halogens is 2. The highest BCUT2D eigenvalue weighted by Crippen LogP contribution is 2.51. The van der Waals surface area contributed by atoms with Crippen LogP contribution in [0.1, 0.15) is 74.1 Å². The van der Waals surface area contributed by atoms with E-state index in [1.54, 1.807) is 21.9 Å². The number of fused-ring (bicyclic) bond motifs is 6. The van der Waals surface area contributed by atoms with E-state index in [9.17, 15) is 38.9 Å². The highest BCUT2D eigenvalue weighted by Gasteiger charge is 2.53. The number of anilines is 2. The fourth-order valence-electron chi connectivity index (χ4n) is 9.57. The first-order chi connectivity index (χ1) is 34.4. The molecule has 0 unspecified atom stereocenters. The highest BCUT2D eigenvalue weighted by atomic mass is 35.5. The molecule has 0 radical (unpaired) electrons. The number of nitro benzene ring substituents is 1. The number of alkyl halides is 2. The van der Waals surface area contributed by atoms with Gasteiger partial charge in [-0.15, -0.1) is 45.9 Å². The zero-order chi connectivity index (χ0) is 51.7. The number of hydrogen-bond acceptors (Lipinski definition) is 18. The molecule has 8 rings (SSSR count). The van der Waals surface area contributed by atoms with Gasteiger partial charge in [0, 0.05) is 112 Å². The monoisotopic (exact) mass is 1070 g/mol. The quantitative estimate of drug-likeness (QED) is 0.0224. The SMILES string of the molecule is COC[C@H]1O[C@@H](Oc2cc3c(c4c(C)csc24)[C@H](CCl)CN3C(=O)CCCC(=O)N2C[C@@H](CCl)c3c2cc(OC(=O)Oc2ccc([N+](=O)[O-])cc2)c2scc(C)c32)[C@H](OC(C)=O)[C@@H](OC(C)=O)[C@@H]1OC(C)=O. The van der Waals surface area contributed by atoms with Gasteiger partial charge in [0.1, 0.15) is 17.6 Å². The minimum atomic E-state index is -1.43. The first kappa shape index (κ1) is 52.2. The van der Waals surface area contributed by atoms with Crippen molar-refractivity contribution in [2.24, 2.45) is 0 Å². The van der Waals surface area contributed by atoms with Crippen molar-refractivity contribution >= 4 is 119 Å². The van der Waals surface area contributed by atoms with Gasteiger partial charge in [-0.25, -0.2) is 4.79 Å². The average molecular weight is 1070 g/mol. The standard InChI is InChI=1S/C49H49Cl2N3O16S2/c1-23-21-71-46-34(68-48-45(66-27(5)57)44(65-26(4)56)43(64-25(3)55)36(69-48)20-63-6)14-32-41(39(23)46)28(16-50)18-52(32)37(58)8-7-9-38(59)53-19-29(17-51)42-33(53)15-35(47-40(42)24(2)22-72-47)70-49(60)67-31-12-10-30(11-13-31)54(61)62/h10-15,21-22,28-29,36,43-45,48H,7-9,16-20H2,1-6H3/t28-,29-,36-,43-,44+,45-,48-/m1/s1. The molecule has 5 heterocycles. The van der Waals surface area contributed by atoms with Crippen LogP contribution in [0.4, 0.5) is 21.9 Å². The number of nitro groups is 1. The van der Waals surface area contributed by atoms with Gasteiger partial charge in [-0.2, -0.15) is 0 Å². The van der Waals surface area contributed by atoms with Crippen LogP contribution in [0.3, 0.4) is 0 Å². The van der Waals surface area contributed by atoms with Gasteiger partial charge in [-0.05, 0) is 65.4 Å².